The van der Waals surface area contributed by atoms with E-state index in [1.807, 2.05) is 0 Å². The number of phenolic OH excluding ortho intramolecular Hbond substituents is 1. The summed E-state index contributed by atoms with van der Waals surface area (Å²) >= 11 is 5.09. The van der Waals surface area contributed by atoms with E-state index >= 15 is 0 Å². The Hall–Kier alpha value is -3.01. The molecule has 0 spiro atoms. The zero-order valence-corrected chi connectivity index (χ0v) is 17.4. The van der Waals surface area contributed by atoms with Crippen LogP contribution < -0.4 is 9.47 Å². The first-order valence-electron chi connectivity index (χ1n) is 8.81. The Balaban J connectivity index is 2.35. The van der Waals surface area contributed by atoms with Gasteiger partial charge in [0.1, 0.15) is 45.3 Å². The highest BCUT2D eigenvalue weighted by atomic mass is 35.5. The van der Waals surface area contributed by atoms with E-state index in [4.69, 9.17) is 16.3 Å². The van der Waals surface area contributed by atoms with Gasteiger partial charge in [-0.15, -0.1) is 0 Å². The van der Waals surface area contributed by atoms with Gasteiger partial charge < -0.3 is 19.7 Å². The molecule has 0 bridgehead atoms. The van der Waals surface area contributed by atoms with Crippen LogP contribution in [0.15, 0.2) is 23.2 Å². The maximum atomic E-state index is 14.0. The number of allylic oxidation sites excluding steroid dienone is 3. The molecule has 0 saturated heterocycles. The normalized spacial score (nSPS) is 21.8. The van der Waals surface area contributed by atoms with E-state index in [1.54, 1.807) is 0 Å². The predicted molar refractivity (Wildman–Crippen MR) is 101 cm³/mol. The summed E-state index contributed by atoms with van der Waals surface area (Å²) < 4.78 is 50.0. The van der Waals surface area contributed by atoms with Crippen molar-refractivity contribution in [3.05, 3.63) is 39.9 Å². The molecule has 1 aromatic carbocycles. The summed E-state index contributed by atoms with van der Waals surface area (Å²) in [7, 11) is 0. The van der Waals surface area contributed by atoms with E-state index < -0.39 is 68.6 Å². The Bertz CT molecular complexity index is 1120. The van der Waals surface area contributed by atoms with Gasteiger partial charge in [0.05, 0.1) is 5.56 Å². The van der Waals surface area contributed by atoms with Crippen molar-refractivity contribution in [2.24, 2.45) is 0 Å². The van der Waals surface area contributed by atoms with Crippen LogP contribution in [0.25, 0.3) is 0 Å². The number of benzene rings is 1. The number of aliphatic hydroxyl groups is 1. The highest BCUT2D eigenvalue weighted by Gasteiger charge is 2.56. The smallest absolute Gasteiger partial charge is 0.388 e. The third kappa shape index (κ3) is 3.08. The Morgan fingerprint density at radius 3 is 2.32 bits per heavy atom. The van der Waals surface area contributed by atoms with Crippen LogP contribution >= 0.6 is 11.6 Å². The van der Waals surface area contributed by atoms with E-state index in [1.165, 1.54) is 6.92 Å². The zero-order chi connectivity index (χ0) is 23.6. The fraction of sp³-hybridized carbons (Fsp3) is 0.350. The van der Waals surface area contributed by atoms with Crippen LogP contribution in [-0.4, -0.2) is 39.3 Å². The maximum Gasteiger partial charge on any atom is 0.388 e. The number of rotatable bonds is 5. The molecule has 31 heavy (non-hydrogen) atoms. The van der Waals surface area contributed by atoms with Gasteiger partial charge in [0.25, 0.3) is 0 Å². The monoisotopic (exact) mass is 460 g/mol. The Labute approximate surface area is 178 Å². The number of aromatic hydroxyl groups is 1. The Morgan fingerprint density at radius 2 is 1.84 bits per heavy atom. The third-order valence-electron chi connectivity index (χ3n) is 5.22. The van der Waals surface area contributed by atoms with Gasteiger partial charge in [-0.05, 0) is 39.3 Å². The first-order chi connectivity index (χ1) is 14.2. The summed E-state index contributed by atoms with van der Waals surface area (Å²) in [5.41, 5.74) is -3.57. The number of aliphatic hydroxyl groups excluding tert-OH is 1. The fourth-order valence-corrected chi connectivity index (χ4v) is 3.73. The largest absolute Gasteiger partial charge is 0.507 e. The van der Waals surface area contributed by atoms with Crippen LogP contribution in [-0.2, 0) is 15.0 Å². The van der Waals surface area contributed by atoms with Crippen LogP contribution in [0.3, 0.4) is 0 Å². The van der Waals surface area contributed by atoms with Crippen molar-refractivity contribution < 1.29 is 47.2 Å². The number of carbonyl (C=O) groups is 3. The number of phenols is 1. The van der Waals surface area contributed by atoms with Crippen LogP contribution in [0.4, 0.5) is 13.2 Å². The first-order valence-corrected chi connectivity index (χ1v) is 9.18. The average molecular weight is 461 g/mol. The molecule has 1 aliphatic heterocycles. The molecule has 0 saturated carbocycles. The minimum absolute atomic E-state index is 0.240. The molecule has 0 radical (unpaired) electrons. The molecular weight excluding hydrogens is 445 g/mol. The van der Waals surface area contributed by atoms with Crippen LogP contribution in [0, 0.1) is 6.92 Å². The van der Waals surface area contributed by atoms with Crippen LogP contribution in [0.5, 0.6) is 17.2 Å². The second-order valence-electron chi connectivity index (χ2n) is 7.28. The average Bonchev–Trinajstić information content (AvgIpc) is 2.92. The van der Waals surface area contributed by atoms with Gasteiger partial charge in [0.15, 0.2) is 17.3 Å². The highest BCUT2D eigenvalue weighted by molar-refractivity contribution is 6.26. The lowest BCUT2D eigenvalue weighted by atomic mass is 9.71. The maximum absolute atomic E-state index is 14.0. The van der Waals surface area contributed by atoms with Crippen LogP contribution in [0.2, 0.25) is 0 Å². The van der Waals surface area contributed by atoms with Crippen molar-refractivity contribution in [2.45, 2.75) is 44.8 Å². The number of hydrogen-bond donors (Lipinski definition) is 2. The molecule has 166 valence electrons. The van der Waals surface area contributed by atoms with Crippen molar-refractivity contribution in [2.75, 3.05) is 0 Å². The van der Waals surface area contributed by atoms with E-state index in [9.17, 15) is 37.8 Å². The third-order valence-corrected chi connectivity index (χ3v) is 5.46. The van der Waals surface area contributed by atoms with Crippen molar-refractivity contribution in [3.8, 4) is 17.2 Å². The van der Waals surface area contributed by atoms with E-state index in [0.717, 1.165) is 26.8 Å². The van der Waals surface area contributed by atoms with E-state index in [0.29, 0.717) is 0 Å². The Kier molecular flexibility index (Phi) is 5.13. The van der Waals surface area contributed by atoms with E-state index in [2.05, 4.69) is 4.74 Å². The second-order valence-corrected chi connectivity index (χ2v) is 7.80. The number of ether oxygens (including phenoxy) is 2. The topological polar surface area (TPSA) is 110 Å². The molecule has 2 N–H and O–H groups in total. The zero-order valence-electron chi connectivity index (χ0n) is 16.6. The highest BCUT2D eigenvalue weighted by Crippen LogP contribution is 2.58. The number of fused-ring (bicyclic) bond motifs is 3. The van der Waals surface area contributed by atoms with Gasteiger partial charge in [-0.3, -0.25) is 14.4 Å². The minimum atomic E-state index is -4.03. The SMILES string of the molecule is CC(=O)C1=C(O)C=C2Oc3c(C(C)=O)c(OC(F)(Cl)C(F)F)c(C)c(O)c3[C@@]2(C)C1=O. The van der Waals surface area contributed by atoms with Gasteiger partial charge >= 0.3 is 11.7 Å². The summed E-state index contributed by atoms with van der Waals surface area (Å²) in [6, 6.07) is 0. The minimum Gasteiger partial charge on any atom is -0.507 e. The number of Topliss-reactive ketones (excluding diaryl/α,β-unsaturated/α-hetero) is 3. The molecule has 3 rings (SSSR count). The number of hydrogen-bond acceptors (Lipinski definition) is 7. The van der Waals surface area contributed by atoms with Crippen LogP contribution in [0.1, 0.15) is 42.3 Å². The lowest BCUT2D eigenvalue weighted by Crippen LogP contribution is -2.39. The first kappa shape index (κ1) is 22.7. The molecule has 1 aromatic rings. The number of alkyl halides is 4. The van der Waals surface area contributed by atoms with Gasteiger partial charge in [-0.25, -0.2) is 8.78 Å². The summed E-state index contributed by atoms with van der Waals surface area (Å²) in [6.07, 6.45) is -2.84. The number of ketones is 3. The molecule has 0 amide bonds. The molecular formula is C20H16ClF3O7. The molecule has 2 aliphatic rings. The van der Waals surface area contributed by atoms with Gasteiger partial charge in [-0.1, -0.05) is 0 Å². The molecule has 2 atom stereocenters. The molecule has 0 fully saturated rings. The van der Waals surface area contributed by atoms with Gasteiger partial charge in [0.2, 0.25) is 0 Å². The molecule has 1 heterocycles. The molecule has 0 aromatic heterocycles. The van der Waals surface area contributed by atoms with Crippen molar-refractivity contribution >= 4 is 29.0 Å². The summed E-state index contributed by atoms with van der Waals surface area (Å²) in [5.74, 6) is -5.43. The van der Waals surface area contributed by atoms with Crippen molar-refractivity contribution in [3.63, 3.8) is 0 Å². The molecule has 11 heteroatoms. The van der Waals surface area contributed by atoms with Gasteiger partial charge in [-0.2, -0.15) is 4.39 Å². The Morgan fingerprint density at radius 1 is 1.26 bits per heavy atom. The fourth-order valence-electron chi connectivity index (χ4n) is 3.65. The quantitative estimate of drug-likeness (QED) is 0.389. The van der Waals surface area contributed by atoms with Gasteiger partial charge in [0, 0.05) is 11.6 Å². The van der Waals surface area contributed by atoms with Crippen molar-refractivity contribution in [1.82, 2.24) is 0 Å². The number of halogens is 4. The molecule has 1 unspecified atom stereocenters. The standard InChI is InChI=1S/C20H16ClF3O7/c1-6-14(28)13-16(12(8(3)26)15(6)31-20(21,24)18(22)23)30-10-5-9(27)11(7(2)25)17(29)19(10,13)4/h5,18,27-28H,1-4H3/t19-,20?/m0/s1. The lowest BCUT2D eigenvalue weighted by molar-refractivity contribution is -0.123. The van der Waals surface area contributed by atoms with E-state index in [-0.39, 0.29) is 16.9 Å². The summed E-state index contributed by atoms with van der Waals surface area (Å²) in [5, 5.41) is 16.9. The number of carbonyl (C=O) groups excluding carboxylic acids is 3. The second kappa shape index (κ2) is 7.01. The summed E-state index contributed by atoms with van der Waals surface area (Å²) in [6.45, 7) is 4.46. The predicted octanol–water partition coefficient (Wildman–Crippen LogP) is 3.93. The van der Waals surface area contributed by atoms with Crippen molar-refractivity contribution in [1.29, 1.82) is 0 Å². The molecule has 7 nitrogen and oxygen atoms in total. The molecule has 1 aliphatic carbocycles. The lowest BCUT2D eigenvalue weighted by Gasteiger charge is -2.28. The summed E-state index contributed by atoms with van der Waals surface area (Å²) in [4.78, 5) is 37.4.